The molecule has 2 rings (SSSR count). The molecule has 0 unspecified atom stereocenters. The zero-order valence-electron chi connectivity index (χ0n) is 15.8. The predicted molar refractivity (Wildman–Crippen MR) is 97.0 cm³/mol. The van der Waals surface area contributed by atoms with Crippen molar-refractivity contribution in [1.29, 1.82) is 0 Å². The highest BCUT2D eigenvalue weighted by molar-refractivity contribution is 5.78. The van der Waals surface area contributed by atoms with E-state index in [9.17, 15) is 9.90 Å². The molecule has 25 heavy (non-hydrogen) atoms. The number of rotatable bonds is 7. The van der Waals surface area contributed by atoms with Gasteiger partial charge in [-0.2, -0.15) is 0 Å². The van der Waals surface area contributed by atoms with Crippen molar-refractivity contribution >= 4 is 5.91 Å². The Bertz CT molecular complexity index is 598. The number of nitrogens with zero attached hydrogens (tertiary/aromatic N) is 1. The van der Waals surface area contributed by atoms with Crippen molar-refractivity contribution in [3.63, 3.8) is 0 Å². The number of hydrogen-bond acceptors (Lipinski definition) is 5. The first-order valence-electron chi connectivity index (χ1n) is 8.74. The van der Waals surface area contributed by atoms with E-state index in [4.69, 9.17) is 9.47 Å². The third-order valence-electron chi connectivity index (χ3n) is 4.81. The summed E-state index contributed by atoms with van der Waals surface area (Å²) < 4.78 is 10.7. The van der Waals surface area contributed by atoms with E-state index in [2.05, 4.69) is 10.2 Å². The summed E-state index contributed by atoms with van der Waals surface area (Å²) in [5.74, 6) is 1.37. The first kappa shape index (κ1) is 19.5. The monoisotopic (exact) mass is 350 g/mol. The Kier molecular flexibility index (Phi) is 6.30. The van der Waals surface area contributed by atoms with E-state index < -0.39 is 5.60 Å². The second-order valence-corrected chi connectivity index (χ2v) is 7.18. The number of aliphatic hydroxyl groups is 1. The molecule has 0 spiro atoms. The van der Waals surface area contributed by atoms with Gasteiger partial charge in [0.25, 0.3) is 0 Å². The number of methoxy groups -OCH3 is 2. The predicted octanol–water partition coefficient (Wildman–Crippen LogP) is 2.12. The van der Waals surface area contributed by atoms with Crippen LogP contribution in [0.3, 0.4) is 0 Å². The second-order valence-electron chi connectivity index (χ2n) is 7.18. The largest absolute Gasteiger partial charge is 0.497 e. The molecule has 0 bridgehead atoms. The first-order chi connectivity index (χ1) is 11.8. The molecule has 0 aromatic heterocycles. The maximum atomic E-state index is 12.5. The van der Waals surface area contributed by atoms with Crippen LogP contribution in [0.2, 0.25) is 0 Å². The van der Waals surface area contributed by atoms with Crippen LogP contribution in [0, 0.1) is 0 Å². The van der Waals surface area contributed by atoms with Crippen molar-refractivity contribution in [2.75, 3.05) is 27.3 Å². The highest BCUT2D eigenvalue weighted by atomic mass is 16.5. The van der Waals surface area contributed by atoms with Crippen molar-refractivity contribution in [3.8, 4) is 11.5 Å². The lowest BCUT2D eigenvalue weighted by molar-refractivity contribution is -0.124. The van der Waals surface area contributed by atoms with Crippen LogP contribution in [0.5, 0.6) is 11.5 Å². The molecule has 1 aromatic rings. The summed E-state index contributed by atoms with van der Waals surface area (Å²) in [4.78, 5) is 14.6. The molecule has 1 aromatic carbocycles. The average Bonchev–Trinajstić information content (AvgIpc) is 3.02. The molecule has 2 atom stereocenters. The van der Waals surface area contributed by atoms with Crippen molar-refractivity contribution in [2.45, 2.75) is 51.3 Å². The lowest BCUT2D eigenvalue weighted by Gasteiger charge is -2.33. The number of hydrogen-bond donors (Lipinski definition) is 2. The van der Waals surface area contributed by atoms with Gasteiger partial charge in [0.2, 0.25) is 5.91 Å². The van der Waals surface area contributed by atoms with Gasteiger partial charge in [-0.1, -0.05) is 0 Å². The van der Waals surface area contributed by atoms with Crippen LogP contribution in [0.15, 0.2) is 18.2 Å². The molecule has 6 nitrogen and oxygen atoms in total. The highest BCUT2D eigenvalue weighted by Crippen LogP contribution is 2.30. The fraction of sp³-hybridized carbons (Fsp3) is 0.632. The van der Waals surface area contributed by atoms with Gasteiger partial charge in [0.15, 0.2) is 0 Å². The quantitative estimate of drug-likeness (QED) is 0.788. The van der Waals surface area contributed by atoms with Crippen molar-refractivity contribution in [3.05, 3.63) is 23.8 Å². The van der Waals surface area contributed by atoms with Gasteiger partial charge in [-0.25, -0.2) is 0 Å². The minimum Gasteiger partial charge on any atom is -0.497 e. The van der Waals surface area contributed by atoms with Gasteiger partial charge in [-0.05, 0) is 58.4 Å². The number of likely N-dealkylation sites (tertiary alicyclic amines) is 1. The number of benzene rings is 1. The SMILES string of the molecule is COc1ccc(OC)c([C@H](C)NC(=O)CN2CCC[C@@H]2C(C)(C)O)c1. The van der Waals surface area contributed by atoms with E-state index in [1.807, 2.05) is 25.1 Å². The van der Waals surface area contributed by atoms with Gasteiger partial charge >= 0.3 is 0 Å². The van der Waals surface area contributed by atoms with E-state index >= 15 is 0 Å². The molecule has 0 radical (unpaired) electrons. The normalized spacial score (nSPS) is 19.5. The summed E-state index contributed by atoms with van der Waals surface area (Å²) in [6.07, 6.45) is 1.91. The van der Waals surface area contributed by atoms with Crippen LogP contribution in [0.1, 0.15) is 45.2 Å². The van der Waals surface area contributed by atoms with E-state index in [0.717, 1.165) is 30.7 Å². The Labute approximate surface area is 150 Å². The van der Waals surface area contributed by atoms with E-state index in [0.29, 0.717) is 5.75 Å². The number of carbonyl (C=O) groups is 1. The molecule has 1 saturated heterocycles. The third kappa shape index (κ3) is 4.86. The molecule has 140 valence electrons. The summed E-state index contributed by atoms with van der Waals surface area (Å²) in [5.41, 5.74) is 0.0639. The van der Waals surface area contributed by atoms with Gasteiger partial charge in [-0.15, -0.1) is 0 Å². The standard InChI is InChI=1S/C19H30N2O4/c1-13(15-11-14(24-4)8-9-16(15)25-5)20-18(22)12-21-10-6-7-17(21)19(2,3)23/h8-9,11,13,17,23H,6-7,10,12H2,1-5H3,(H,20,22)/t13-,17+/m0/s1. The van der Waals surface area contributed by atoms with Gasteiger partial charge in [0.1, 0.15) is 11.5 Å². The maximum Gasteiger partial charge on any atom is 0.234 e. The highest BCUT2D eigenvalue weighted by Gasteiger charge is 2.36. The molecule has 1 amide bonds. The van der Waals surface area contributed by atoms with Crippen LogP contribution >= 0.6 is 0 Å². The van der Waals surface area contributed by atoms with E-state index in [1.165, 1.54) is 0 Å². The number of nitrogens with one attached hydrogen (secondary N) is 1. The molecule has 0 aliphatic carbocycles. The Morgan fingerprint density at radius 3 is 2.72 bits per heavy atom. The zero-order valence-corrected chi connectivity index (χ0v) is 15.8. The summed E-state index contributed by atoms with van der Waals surface area (Å²) in [5, 5.41) is 13.3. The third-order valence-corrected chi connectivity index (χ3v) is 4.81. The summed E-state index contributed by atoms with van der Waals surface area (Å²) in [7, 11) is 3.22. The number of carbonyl (C=O) groups excluding carboxylic acids is 1. The van der Waals surface area contributed by atoms with Crippen LogP contribution < -0.4 is 14.8 Å². The average molecular weight is 350 g/mol. The van der Waals surface area contributed by atoms with Gasteiger partial charge in [0.05, 0.1) is 32.4 Å². The van der Waals surface area contributed by atoms with Crippen molar-refractivity contribution < 1.29 is 19.4 Å². The molecule has 1 fully saturated rings. The van der Waals surface area contributed by atoms with Gasteiger partial charge in [0, 0.05) is 11.6 Å². The molecule has 2 N–H and O–H groups in total. The molecular formula is C19H30N2O4. The Morgan fingerprint density at radius 2 is 2.12 bits per heavy atom. The molecule has 6 heteroatoms. The second kappa shape index (κ2) is 8.06. The lowest BCUT2D eigenvalue weighted by Crippen LogP contribution is -2.49. The van der Waals surface area contributed by atoms with E-state index in [1.54, 1.807) is 28.1 Å². The van der Waals surface area contributed by atoms with Crippen LogP contribution in [0.4, 0.5) is 0 Å². The smallest absolute Gasteiger partial charge is 0.234 e. The van der Waals surface area contributed by atoms with E-state index in [-0.39, 0.29) is 24.5 Å². The summed E-state index contributed by atoms with van der Waals surface area (Å²) in [6, 6.07) is 5.34. The topological polar surface area (TPSA) is 71.0 Å². The molecule has 1 aliphatic heterocycles. The number of ether oxygens (including phenoxy) is 2. The minimum absolute atomic E-state index is 0.0138. The Balaban J connectivity index is 2.03. The fourth-order valence-electron chi connectivity index (χ4n) is 3.54. The maximum absolute atomic E-state index is 12.5. The van der Waals surface area contributed by atoms with Gasteiger partial charge in [-0.3, -0.25) is 9.69 Å². The molecule has 1 heterocycles. The Morgan fingerprint density at radius 1 is 1.40 bits per heavy atom. The lowest BCUT2D eigenvalue weighted by atomic mass is 9.97. The number of amides is 1. The van der Waals surface area contributed by atoms with Crippen molar-refractivity contribution in [2.24, 2.45) is 0 Å². The summed E-state index contributed by atoms with van der Waals surface area (Å²) in [6.45, 7) is 6.64. The van der Waals surface area contributed by atoms with Crippen LogP contribution in [-0.2, 0) is 4.79 Å². The summed E-state index contributed by atoms with van der Waals surface area (Å²) >= 11 is 0. The van der Waals surface area contributed by atoms with Crippen LogP contribution in [0.25, 0.3) is 0 Å². The fourth-order valence-corrected chi connectivity index (χ4v) is 3.54. The Hall–Kier alpha value is -1.79. The molecule has 0 saturated carbocycles. The molecule has 1 aliphatic rings. The van der Waals surface area contributed by atoms with Crippen LogP contribution in [-0.4, -0.2) is 54.9 Å². The zero-order chi connectivity index (χ0) is 18.6. The minimum atomic E-state index is -0.807. The molecular weight excluding hydrogens is 320 g/mol. The van der Waals surface area contributed by atoms with Crippen molar-refractivity contribution in [1.82, 2.24) is 10.2 Å². The van der Waals surface area contributed by atoms with Gasteiger partial charge < -0.3 is 19.9 Å². The first-order valence-corrected chi connectivity index (χ1v) is 8.74.